The lowest BCUT2D eigenvalue weighted by Gasteiger charge is -2.17. The molecule has 0 fully saturated rings. The van der Waals surface area contributed by atoms with Crippen molar-refractivity contribution in [2.75, 3.05) is 24.3 Å². The number of nitrogens with one attached hydrogen (secondary N) is 1. The van der Waals surface area contributed by atoms with Crippen molar-refractivity contribution in [3.63, 3.8) is 0 Å². The van der Waals surface area contributed by atoms with E-state index in [1.807, 2.05) is 44.1 Å². The lowest BCUT2D eigenvalue weighted by atomic mass is 10.1. The van der Waals surface area contributed by atoms with E-state index in [2.05, 4.69) is 10.3 Å². The third-order valence-corrected chi connectivity index (χ3v) is 3.16. The summed E-state index contributed by atoms with van der Waals surface area (Å²) >= 11 is 0. The van der Waals surface area contributed by atoms with Crippen molar-refractivity contribution in [2.24, 2.45) is 0 Å². The van der Waals surface area contributed by atoms with Gasteiger partial charge in [-0.05, 0) is 43.7 Å². The van der Waals surface area contributed by atoms with E-state index in [0.717, 1.165) is 11.4 Å². The molecule has 0 aliphatic rings. The molecule has 0 aliphatic carbocycles. The monoisotopic (exact) mass is 285 g/mol. The SMILES string of the molecule is Cc1cc(C(=O)O)cc(Nc2ccc(C)c(N(C)C)c2)n1. The average Bonchev–Trinajstić information content (AvgIpc) is 2.40. The Hall–Kier alpha value is -2.56. The molecular weight excluding hydrogens is 266 g/mol. The highest BCUT2D eigenvalue weighted by molar-refractivity contribution is 5.88. The Morgan fingerprint density at radius 1 is 1.19 bits per heavy atom. The van der Waals surface area contributed by atoms with E-state index < -0.39 is 5.97 Å². The number of aromatic nitrogens is 1. The number of aromatic carboxylic acids is 1. The summed E-state index contributed by atoms with van der Waals surface area (Å²) in [5, 5.41) is 12.3. The number of carboxylic acids is 1. The van der Waals surface area contributed by atoms with Gasteiger partial charge in [-0.2, -0.15) is 0 Å². The maximum Gasteiger partial charge on any atom is 0.335 e. The van der Waals surface area contributed by atoms with Crippen LogP contribution in [0, 0.1) is 13.8 Å². The minimum absolute atomic E-state index is 0.227. The van der Waals surface area contributed by atoms with Gasteiger partial charge < -0.3 is 15.3 Å². The van der Waals surface area contributed by atoms with Crippen LogP contribution in [0.1, 0.15) is 21.6 Å². The summed E-state index contributed by atoms with van der Waals surface area (Å²) in [5.74, 6) is -0.428. The molecule has 110 valence electrons. The fraction of sp³-hybridized carbons (Fsp3) is 0.250. The number of carbonyl (C=O) groups is 1. The van der Waals surface area contributed by atoms with E-state index in [0.29, 0.717) is 11.5 Å². The van der Waals surface area contributed by atoms with Gasteiger partial charge in [0.15, 0.2) is 0 Å². The molecule has 0 atom stereocenters. The van der Waals surface area contributed by atoms with Crippen LogP contribution in [-0.2, 0) is 0 Å². The van der Waals surface area contributed by atoms with E-state index in [-0.39, 0.29) is 5.56 Å². The summed E-state index contributed by atoms with van der Waals surface area (Å²) in [7, 11) is 3.97. The van der Waals surface area contributed by atoms with Crippen LogP contribution < -0.4 is 10.2 Å². The quantitative estimate of drug-likeness (QED) is 0.903. The van der Waals surface area contributed by atoms with Crippen molar-refractivity contribution in [3.8, 4) is 0 Å². The minimum Gasteiger partial charge on any atom is -0.478 e. The molecular formula is C16H19N3O2. The Morgan fingerprint density at radius 2 is 1.90 bits per heavy atom. The van der Waals surface area contributed by atoms with Crippen molar-refractivity contribution in [1.82, 2.24) is 4.98 Å². The highest BCUT2D eigenvalue weighted by atomic mass is 16.4. The largest absolute Gasteiger partial charge is 0.478 e. The third kappa shape index (κ3) is 3.51. The van der Waals surface area contributed by atoms with Gasteiger partial charge in [-0.1, -0.05) is 6.07 Å². The number of hydrogen-bond donors (Lipinski definition) is 2. The Kier molecular flexibility index (Phi) is 4.12. The second kappa shape index (κ2) is 5.83. The van der Waals surface area contributed by atoms with Crippen LogP contribution in [0.4, 0.5) is 17.2 Å². The summed E-state index contributed by atoms with van der Waals surface area (Å²) in [4.78, 5) is 17.4. The second-order valence-corrected chi connectivity index (χ2v) is 5.21. The van der Waals surface area contributed by atoms with Crippen LogP contribution in [0.2, 0.25) is 0 Å². The van der Waals surface area contributed by atoms with E-state index in [9.17, 15) is 4.79 Å². The lowest BCUT2D eigenvalue weighted by Crippen LogP contribution is -2.10. The zero-order chi connectivity index (χ0) is 15.6. The molecule has 21 heavy (non-hydrogen) atoms. The normalized spacial score (nSPS) is 10.3. The Morgan fingerprint density at radius 3 is 2.52 bits per heavy atom. The molecule has 0 aliphatic heterocycles. The fourth-order valence-electron chi connectivity index (χ4n) is 2.17. The molecule has 0 spiro atoms. The number of anilines is 3. The first-order valence-electron chi connectivity index (χ1n) is 6.64. The topological polar surface area (TPSA) is 65.5 Å². The molecule has 0 radical (unpaired) electrons. The summed E-state index contributed by atoms with van der Waals surface area (Å²) in [6.07, 6.45) is 0. The van der Waals surface area contributed by atoms with Crippen molar-refractivity contribution in [3.05, 3.63) is 47.2 Å². The molecule has 2 N–H and O–H groups in total. The van der Waals surface area contributed by atoms with Gasteiger partial charge in [-0.15, -0.1) is 0 Å². The van der Waals surface area contributed by atoms with Crippen LogP contribution in [0.15, 0.2) is 30.3 Å². The smallest absolute Gasteiger partial charge is 0.335 e. The number of nitrogens with zero attached hydrogens (tertiary/aromatic N) is 2. The first kappa shape index (κ1) is 14.8. The van der Waals surface area contributed by atoms with Gasteiger partial charge in [-0.3, -0.25) is 0 Å². The standard InChI is InChI=1S/C16H19N3O2/c1-10-5-6-13(9-14(10)19(3)4)18-15-8-12(16(20)21)7-11(2)17-15/h5-9H,1-4H3,(H,17,18)(H,20,21). The first-order valence-corrected chi connectivity index (χ1v) is 6.64. The maximum absolute atomic E-state index is 11.1. The minimum atomic E-state index is -0.957. The predicted octanol–water partition coefficient (Wildman–Crippen LogP) is 3.21. The number of benzene rings is 1. The molecule has 0 bridgehead atoms. The van der Waals surface area contributed by atoms with Crippen LogP contribution >= 0.6 is 0 Å². The zero-order valence-electron chi connectivity index (χ0n) is 12.6. The average molecular weight is 285 g/mol. The van der Waals surface area contributed by atoms with Crippen molar-refractivity contribution in [1.29, 1.82) is 0 Å². The van der Waals surface area contributed by atoms with Crippen LogP contribution in [0.25, 0.3) is 0 Å². The van der Waals surface area contributed by atoms with Gasteiger partial charge in [0.05, 0.1) is 5.56 Å². The van der Waals surface area contributed by atoms with Crippen LogP contribution in [0.3, 0.4) is 0 Å². The molecule has 5 nitrogen and oxygen atoms in total. The molecule has 0 saturated heterocycles. The summed E-state index contributed by atoms with van der Waals surface area (Å²) in [5.41, 5.74) is 4.04. The Balaban J connectivity index is 2.34. The second-order valence-electron chi connectivity index (χ2n) is 5.21. The fourth-order valence-corrected chi connectivity index (χ4v) is 2.17. The van der Waals surface area contributed by atoms with Gasteiger partial charge in [0.25, 0.3) is 0 Å². The summed E-state index contributed by atoms with van der Waals surface area (Å²) < 4.78 is 0. The van der Waals surface area contributed by atoms with Gasteiger partial charge in [0.1, 0.15) is 5.82 Å². The molecule has 0 unspecified atom stereocenters. The van der Waals surface area contributed by atoms with Gasteiger partial charge in [0, 0.05) is 31.2 Å². The van der Waals surface area contributed by atoms with Crippen LogP contribution in [0.5, 0.6) is 0 Å². The van der Waals surface area contributed by atoms with Crippen molar-refractivity contribution >= 4 is 23.2 Å². The van der Waals surface area contributed by atoms with Crippen molar-refractivity contribution < 1.29 is 9.90 Å². The van der Waals surface area contributed by atoms with E-state index >= 15 is 0 Å². The van der Waals surface area contributed by atoms with E-state index in [4.69, 9.17) is 5.11 Å². The molecule has 2 rings (SSSR count). The van der Waals surface area contributed by atoms with Gasteiger partial charge in [0.2, 0.25) is 0 Å². The van der Waals surface area contributed by atoms with Gasteiger partial charge >= 0.3 is 5.97 Å². The first-order chi connectivity index (χ1) is 9.86. The number of rotatable bonds is 4. The predicted molar refractivity (Wildman–Crippen MR) is 84.7 cm³/mol. The van der Waals surface area contributed by atoms with Gasteiger partial charge in [-0.25, -0.2) is 9.78 Å². The molecule has 5 heteroatoms. The molecule has 0 amide bonds. The Bertz CT molecular complexity index is 681. The molecule has 1 aromatic heterocycles. The Labute approximate surface area is 124 Å². The number of aryl methyl sites for hydroxylation is 2. The van der Waals surface area contributed by atoms with Crippen molar-refractivity contribution in [2.45, 2.75) is 13.8 Å². The number of pyridine rings is 1. The number of hydrogen-bond acceptors (Lipinski definition) is 4. The molecule has 1 aromatic carbocycles. The number of carboxylic acid groups (broad SMARTS) is 1. The van der Waals surface area contributed by atoms with E-state index in [1.54, 1.807) is 13.0 Å². The lowest BCUT2D eigenvalue weighted by molar-refractivity contribution is 0.0696. The van der Waals surface area contributed by atoms with Crippen LogP contribution in [-0.4, -0.2) is 30.2 Å². The summed E-state index contributed by atoms with van der Waals surface area (Å²) in [6.45, 7) is 3.82. The maximum atomic E-state index is 11.1. The van der Waals surface area contributed by atoms with E-state index in [1.165, 1.54) is 11.6 Å². The third-order valence-electron chi connectivity index (χ3n) is 3.16. The molecule has 0 saturated carbocycles. The summed E-state index contributed by atoms with van der Waals surface area (Å²) in [6, 6.07) is 9.07. The zero-order valence-corrected chi connectivity index (χ0v) is 12.6. The molecule has 2 aromatic rings. The highest BCUT2D eigenvalue weighted by Crippen LogP contribution is 2.25. The molecule has 1 heterocycles. The highest BCUT2D eigenvalue weighted by Gasteiger charge is 2.08.